The van der Waals surface area contributed by atoms with Crippen molar-refractivity contribution in [3.8, 4) is 5.75 Å². The molecule has 0 radical (unpaired) electrons. The Balaban J connectivity index is 2.47. The number of hydrogen-bond acceptors (Lipinski definition) is 6. The Morgan fingerprint density at radius 3 is 2.42 bits per heavy atom. The van der Waals surface area contributed by atoms with Crippen LogP contribution in [0.4, 0.5) is 0 Å². The van der Waals surface area contributed by atoms with Gasteiger partial charge in [-0.25, -0.2) is 0 Å². The summed E-state index contributed by atoms with van der Waals surface area (Å²) in [7, 11) is -2.10. The first-order valence-corrected chi connectivity index (χ1v) is 10.3. The first kappa shape index (κ1) is 20.5. The van der Waals surface area contributed by atoms with Crippen molar-refractivity contribution in [1.82, 2.24) is 4.98 Å². The van der Waals surface area contributed by atoms with E-state index in [4.69, 9.17) is 18.5 Å². The van der Waals surface area contributed by atoms with Crippen LogP contribution in [0.5, 0.6) is 5.75 Å². The molecule has 0 fully saturated rings. The monoisotopic (exact) mass is 383 g/mol. The Hall–Kier alpha value is -1.82. The molecular formula is C18H26NO6P. The highest BCUT2D eigenvalue weighted by atomic mass is 31.2. The third-order valence-electron chi connectivity index (χ3n) is 3.94. The molecule has 7 nitrogen and oxygen atoms in total. The number of ether oxygens (including phenoxy) is 2. The van der Waals surface area contributed by atoms with Gasteiger partial charge in [-0.2, -0.15) is 0 Å². The van der Waals surface area contributed by atoms with Crippen molar-refractivity contribution in [1.29, 1.82) is 0 Å². The zero-order chi connectivity index (χ0) is 19.2. The zero-order valence-corrected chi connectivity index (χ0v) is 16.5. The SMILES string of the molecule is CCOC(=O)C(Cc1c[nH]c2cccc(OC)c12)P(=O)(OCC)OCC. The van der Waals surface area contributed by atoms with Crippen LogP contribution in [0.1, 0.15) is 26.3 Å². The van der Waals surface area contributed by atoms with Crippen LogP contribution in [-0.4, -0.2) is 43.5 Å². The Morgan fingerprint density at radius 2 is 1.85 bits per heavy atom. The summed E-state index contributed by atoms with van der Waals surface area (Å²) in [6, 6.07) is 5.62. The zero-order valence-electron chi connectivity index (χ0n) is 15.6. The molecule has 0 amide bonds. The lowest BCUT2D eigenvalue weighted by atomic mass is 10.1. The average molecular weight is 383 g/mol. The molecule has 8 heteroatoms. The number of H-pyrrole nitrogens is 1. The number of carbonyl (C=O) groups excluding carboxylic acids is 1. The van der Waals surface area contributed by atoms with Crippen LogP contribution in [0.3, 0.4) is 0 Å². The van der Waals surface area contributed by atoms with E-state index in [2.05, 4.69) is 4.98 Å². The number of esters is 1. The van der Waals surface area contributed by atoms with Gasteiger partial charge in [-0.15, -0.1) is 0 Å². The molecule has 144 valence electrons. The fourth-order valence-corrected chi connectivity index (χ4v) is 4.81. The second-order valence-corrected chi connectivity index (χ2v) is 7.76. The van der Waals surface area contributed by atoms with E-state index >= 15 is 0 Å². The fraction of sp³-hybridized carbons (Fsp3) is 0.500. The number of nitrogens with one attached hydrogen (secondary N) is 1. The van der Waals surface area contributed by atoms with Gasteiger partial charge in [-0.1, -0.05) is 6.07 Å². The Kier molecular flexibility index (Phi) is 7.26. The van der Waals surface area contributed by atoms with E-state index in [0.29, 0.717) is 5.75 Å². The molecule has 1 atom stereocenters. The van der Waals surface area contributed by atoms with Crippen LogP contribution in [0.25, 0.3) is 10.9 Å². The molecule has 1 aromatic heterocycles. The number of hydrogen-bond donors (Lipinski definition) is 1. The standard InChI is InChI=1S/C18H26NO6P/c1-5-23-18(20)16(26(21,24-6-2)25-7-3)11-13-12-19-14-9-8-10-15(22-4)17(13)14/h8-10,12,16,19H,5-7,11H2,1-4H3. The van der Waals surface area contributed by atoms with Gasteiger partial charge >= 0.3 is 13.6 Å². The minimum Gasteiger partial charge on any atom is -0.496 e. The highest BCUT2D eigenvalue weighted by Crippen LogP contribution is 2.54. The summed E-state index contributed by atoms with van der Waals surface area (Å²) in [6.45, 7) is 5.65. The highest BCUT2D eigenvalue weighted by molar-refractivity contribution is 7.55. The normalized spacial score (nSPS) is 12.9. The Bertz CT molecular complexity index is 777. The number of fused-ring (bicyclic) bond motifs is 1. The van der Waals surface area contributed by atoms with Gasteiger partial charge in [0.2, 0.25) is 0 Å². The Morgan fingerprint density at radius 1 is 1.15 bits per heavy atom. The van der Waals surface area contributed by atoms with Crippen molar-refractivity contribution < 1.29 is 27.9 Å². The topological polar surface area (TPSA) is 86.9 Å². The van der Waals surface area contributed by atoms with E-state index in [-0.39, 0.29) is 26.2 Å². The lowest BCUT2D eigenvalue weighted by molar-refractivity contribution is -0.143. The van der Waals surface area contributed by atoms with Crippen LogP contribution in [-0.2, 0) is 29.6 Å². The number of methoxy groups -OCH3 is 1. The quantitative estimate of drug-likeness (QED) is 0.494. The first-order valence-electron chi connectivity index (χ1n) is 8.69. The second kappa shape index (κ2) is 9.21. The van der Waals surface area contributed by atoms with Crippen LogP contribution in [0, 0.1) is 0 Å². The van der Waals surface area contributed by atoms with Gasteiger partial charge in [0.1, 0.15) is 5.75 Å². The molecule has 0 saturated heterocycles. The van der Waals surface area contributed by atoms with Gasteiger partial charge in [0.25, 0.3) is 0 Å². The molecule has 0 saturated carbocycles. The predicted molar refractivity (Wildman–Crippen MR) is 99.8 cm³/mol. The molecule has 1 heterocycles. The second-order valence-electron chi connectivity index (χ2n) is 5.54. The van der Waals surface area contributed by atoms with E-state index < -0.39 is 19.2 Å². The maximum Gasteiger partial charge on any atom is 0.345 e. The molecule has 0 aliphatic heterocycles. The average Bonchev–Trinajstić information content (AvgIpc) is 3.03. The van der Waals surface area contributed by atoms with Crippen LogP contribution in [0.2, 0.25) is 0 Å². The highest BCUT2D eigenvalue weighted by Gasteiger charge is 2.42. The van der Waals surface area contributed by atoms with Crippen molar-refractivity contribution in [2.75, 3.05) is 26.9 Å². The Labute approximate surface area is 153 Å². The van der Waals surface area contributed by atoms with Crippen molar-refractivity contribution >= 4 is 24.5 Å². The molecule has 0 bridgehead atoms. The van der Waals surface area contributed by atoms with E-state index in [9.17, 15) is 9.36 Å². The van der Waals surface area contributed by atoms with E-state index in [1.807, 2.05) is 18.2 Å². The van der Waals surface area contributed by atoms with Crippen molar-refractivity contribution in [2.24, 2.45) is 0 Å². The minimum atomic E-state index is -3.69. The first-order chi connectivity index (χ1) is 12.5. The fourth-order valence-electron chi connectivity index (χ4n) is 2.90. The third kappa shape index (κ3) is 4.29. The molecule has 2 aromatic rings. The summed E-state index contributed by atoms with van der Waals surface area (Å²) in [5.41, 5.74) is 0.603. The van der Waals surface area contributed by atoms with Gasteiger partial charge in [0.05, 0.1) is 26.9 Å². The summed E-state index contributed by atoms with van der Waals surface area (Å²) >= 11 is 0. The van der Waals surface area contributed by atoms with E-state index in [1.54, 1.807) is 34.1 Å². The van der Waals surface area contributed by atoms with E-state index in [1.165, 1.54) is 0 Å². The van der Waals surface area contributed by atoms with Crippen LogP contribution >= 0.6 is 7.60 Å². The van der Waals surface area contributed by atoms with Gasteiger partial charge in [-0.05, 0) is 44.9 Å². The number of aromatic nitrogens is 1. The third-order valence-corrected chi connectivity index (χ3v) is 6.33. The van der Waals surface area contributed by atoms with Crippen molar-refractivity contribution in [3.63, 3.8) is 0 Å². The van der Waals surface area contributed by atoms with Gasteiger partial charge < -0.3 is 23.5 Å². The lowest BCUT2D eigenvalue weighted by Crippen LogP contribution is -2.28. The molecule has 0 aliphatic carbocycles. The summed E-state index contributed by atoms with van der Waals surface area (Å²) in [5.74, 6) is 0.0750. The maximum absolute atomic E-state index is 13.3. The van der Waals surface area contributed by atoms with Gasteiger partial charge in [-0.3, -0.25) is 9.36 Å². The summed E-state index contributed by atoms with van der Waals surface area (Å²) in [6.07, 6.45) is 1.93. The van der Waals surface area contributed by atoms with E-state index in [0.717, 1.165) is 16.5 Å². The molecule has 0 spiro atoms. The van der Waals surface area contributed by atoms with Gasteiger partial charge in [0, 0.05) is 17.1 Å². The lowest BCUT2D eigenvalue weighted by Gasteiger charge is -2.24. The molecule has 1 unspecified atom stereocenters. The molecule has 2 rings (SSSR count). The van der Waals surface area contributed by atoms with Crippen molar-refractivity contribution in [2.45, 2.75) is 32.9 Å². The molecular weight excluding hydrogens is 357 g/mol. The summed E-state index contributed by atoms with van der Waals surface area (Å²) in [4.78, 5) is 15.7. The van der Waals surface area contributed by atoms with Crippen molar-refractivity contribution in [3.05, 3.63) is 30.0 Å². The van der Waals surface area contributed by atoms with Crippen LogP contribution in [0.15, 0.2) is 24.4 Å². The molecule has 1 N–H and O–H groups in total. The number of rotatable bonds is 10. The summed E-state index contributed by atoms with van der Waals surface area (Å²) in [5, 5.41) is 0.837. The van der Waals surface area contributed by atoms with Gasteiger partial charge in [0.15, 0.2) is 5.66 Å². The maximum atomic E-state index is 13.3. The minimum absolute atomic E-state index is 0.149. The van der Waals surface area contributed by atoms with Crippen LogP contribution < -0.4 is 4.74 Å². The number of benzene rings is 1. The smallest absolute Gasteiger partial charge is 0.345 e. The summed E-state index contributed by atoms with van der Waals surface area (Å²) < 4.78 is 34.7. The number of carbonyl (C=O) groups is 1. The molecule has 0 aliphatic rings. The largest absolute Gasteiger partial charge is 0.496 e. The molecule has 1 aromatic carbocycles. The molecule has 26 heavy (non-hydrogen) atoms. The predicted octanol–water partition coefficient (Wildman–Crippen LogP) is 3.92. The number of aromatic amines is 1.